The number of carbonyl (C=O) groups excluding carboxylic acids is 1. The van der Waals surface area contributed by atoms with Crippen molar-refractivity contribution in [2.75, 3.05) is 7.11 Å². The molecule has 4 rings (SSSR count). The molecule has 2 heterocycles. The van der Waals surface area contributed by atoms with E-state index < -0.39 is 0 Å². The first-order valence-corrected chi connectivity index (χ1v) is 12.8. The molecule has 0 saturated carbocycles. The minimum Gasteiger partial charge on any atom is -0.497 e. The van der Waals surface area contributed by atoms with E-state index in [1.54, 1.807) is 11.8 Å². The van der Waals surface area contributed by atoms with Crippen LogP contribution in [0.1, 0.15) is 46.5 Å². The number of nitrogens with one attached hydrogen (secondary N) is 1. The molecular weight excluding hydrogens is 472 g/mol. The second-order valence-corrected chi connectivity index (χ2v) is 9.56. The van der Waals surface area contributed by atoms with Crippen molar-refractivity contribution in [3.05, 3.63) is 89.0 Å². The molecule has 186 valence electrons. The Morgan fingerprint density at radius 3 is 2.42 bits per heavy atom. The van der Waals surface area contributed by atoms with E-state index in [-0.39, 0.29) is 11.9 Å². The molecule has 0 aliphatic rings. The summed E-state index contributed by atoms with van der Waals surface area (Å²) >= 11 is 1.45. The highest BCUT2D eigenvalue weighted by Gasteiger charge is 2.22. The van der Waals surface area contributed by atoms with Gasteiger partial charge >= 0.3 is 0 Å². The first-order chi connectivity index (χ1) is 17.4. The lowest BCUT2D eigenvalue weighted by atomic mass is 10.1. The highest BCUT2D eigenvalue weighted by atomic mass is 32.2. The van der Waals surface area contributed by atoms with Gasteiger partial charge in [0.25, 0.3) is 5.91 Å². The second kappa shape index (κ2) is 11.8. The van der Waals surface area contributed by atoms with Crippen molar-refractivity contribution >= 4 is 17.7 Å². The number of amides is 1. The number of methoxy groups -OCH3 is 1. The van der Waals surface area contributed by atoms with Crippen molar-refractivity contribution < 1.29 is 9.53 Å². The summed E-state index contributed by atoms with van der Waals surface area (Å²) in [6.07, 6.45) is 1.70. The number of hydrogen-bond acceptors (Lipinski definition) is 7. The first kappa shape index (κ1) is 25.4. The van der Waals surface area contributed by atoms with Crippen LogP contribution in [0.25, 0.3) is 5.69 Å². The number of thioether (sulfide) groups is 1. The highest BCUT2D eigenvalue weighted by molar-refractivity contribution is 7.98. The van der Waals surface area contributed by atoms with E-state index in [4.69, 9.17) is 4.74 Å². The minimum absolute atomic E-state index is 0.0212. The maximum Gasteiger partial charge on any atom is 0.274 e. The SMILES string of the molecule is COc1ccc(-n2nnc(C(=O)NC(C)CCc3ccccc3)c2CSc2nc(C)cc(C)n2)cc1. The van der Waals surface area contributed by atoms with Crippen molar-refractivity contribution in [2.45, 2.75) is 50.6 Å². The van der Waals surface area contributed by atoms with Crippen LogP contribution in [-0.4, -0.2) is 44.0 Å². The van der Waals surface area contributed by atoms with Crippen LogP contribution in [0.15, 0.2) is 65.8 Å². The number of benzene rings is 2. The molecule has 2 aromatic heterocycles. The Morgan fingerprint density at radius 1 is 1.06 bits per heavy atom. The molecule has 36 heavy (non-hydrogen) atoms. The summed E-state index contributed by atoms with van der Waals surface area (Å²) in [7, 11) is 1.62. The summed E-state index contributed by atoms with van der Waals surface area (Å²) in [6.45, 7) is 5.89. The van der Waals surface area contributed by atoms with Gasteiger partial charge in [0.1, 0.15) is 5.75 Å². The van der Waals surface area contributed by atoms with Gasteiger partial charge in [-0.05, 0) is 69.5 Å². The third-order valence-corrected chi connectivity index (χ3v) is 6.54. The predicted octanol–water partition coefficient (Wildman–Crippen LogP) is 4.73. The molecule has 4 aromatic rings. The van der Waals surface area contributed by atoms with E-state index in [0.717, 1.165) is 35.7 Å². The Balaban J connectivity index is 1.55. The molecule has 0 bridgehead atoms. The number of aryl methyl sites for hydroxylation is 3. The second-order valence-electron chi connectivity index (χ2n) is 8.62. The Hall–Kier alpha value is -3.72. The molecule has 0 radical (unpaired) electrons. The van der Waals surface area contributed by atoms with Gasteiger partial charge in [0.2, 0.25) is 0 Å². The Kier molecular flexibility index (Phi) is 8.32. The summed E-state index contributed by atoms with van der Waals surface area (Å²) in [5.41, 5.74) is 4.81. The van der Waals surface area contributed by atoms with Gasteiger partial charge in [0, 0.05) is 23.2 Å². The molecule has 1 atom stereocenters. The van der Waals surface area contributed by atoms with E-state index in [9.17, 15) is 4.79 Å². The lowest BCUT2D eigenvalue weighted by molar-refractivity contribution is 0.0932. The lowest BCUT2D eigenvalue weighted by Crippen LogP contribution is -2.33. The number of ether oxygens (including phenoxy) is 1. The number of aromatic nitrogens is 5. The minimum atomic E-state index is -0.243. The smallest absolute Gasteiger partial charge is 0.274 e. The number of hydrogen-bond donors (Lipinski definition) is 1. The fourth-order valence-corrected chi connectivity index (χ4v) is 4.76. The van der Waals surface area contributed by atoms with Gasteiger partial charge in [-0.1, -0.05) is 47.3 Å². The van der Waals surface area contributed by atoms with E-state index in [1.165, 1.54) is 17.3 Å². The molecule has 0 saturated heterocycles. The van der Waals surface area contributed by atoms with Crippen molar-refractivity contribution in [3.8, 4) is 11.4 Å². The number of rotatable bonds is 10. The fraction of sp³-hybridized carbons (Fsp3) is 0.296. The van der Waals surface area contributed by atoms with Gasteiger partial charge in [-0.3, -0.25) is 4.79 Å². The normalized spacial score (nSPS) is 11.8. The molecule has 2 aromatic carbocycles. The van der Waals surface area contributed by atoms with Crippen molar-refractivity contribution in [1.29, 1.82) is 0 Å². The van der Waals surface area contributed by atoms with E-state index in [1.807, 2.05) is 69.3 Å². The highest BCUT2D eigenvalue weighted by Crippen LogP contribution is 2.24. The largest absolute Gasteiger partial charge is 0.497 e. The van der Waals surface area contributed by atoms with Gasteiger partial charge < -0.3 is 10.1 Å². The Morgan fingerprint density at radius 2 is 1.75 bits per heavy atom. The number of nitrogens with zero attached hydrogens (tertiary/aromatic N) is 5. The van der Waals surface area contributed by atoms with E-state index in [2.05, 4.69) is 37.7 Å². The molecule has 9 heteroatoms. The standard InChI is InChI=1S/C27H30N6O2S/c1-18(10-11-21-8-6-5-7-9-21)28-26(34)25-24(17-36-27-29-19(2)16-20(3)30-27)33(32-31-25)22-12-14-23(35-4)15-13-22/h5-9,12-16,18H,10-11,17H2,1-4H3,(H,28,34). The van der Waals surface area contributed by atoms with Gasteiger partial charge in [-0.15, -0.1) is 5.10 Å². The van der Waals surface area contributed by atoms with Crippen LogP contribution in [0, 0.1) is 13.8 Å². The van der Waals surface area contributed by atoms with Crippen LogP contribution in [0.2, 0.25) is 0 Å². The van der Waals surface area contributed by atoms with Crippen LogP contribution in [0.4, 0.5) is 0 Å². The van der Waals surface area contributed by atoms with E-state index in [0.29, 0.717) is 22.3 Å². The third-order valence-electron chi connectivity index (χ3n) is 5.68. The molecule has 0 aliphatic carbocycles. The van der Waals surface area contributed by atoms with E-state index >= 15 is 0 Å². The first-order valence-electron chi connectivity index (χ1n) is 11.8. The van der Waals surface area contributed by atoms with Gasteiger partial charge in [-0.2, -0.15) is 0 Å². The van der Waals surface area contributed by atoms with Gasteiger partial charge in [0.05, 0.1) is 18.5 Å². The lowest BCUT2D eigenvalue weighted by Gasteiger charge is -2.14. The van der Waals surface area contributed by atoms with Crippen molar-refractivity contribution in [3.63, 3.8) is 0 Å². The zero-order valence-corrected chi connectivity index (χ0v) is 21.7. The molecular formula is C27H30N6O2S. The summed E-state index contributed by atoms with van der Waals surface area (Å²) in [5.74, 6) is 0.930. The topological polar surface area (TPSA) is 94.8 Å². The summed E-state index contributed by atoms with van der Waals surface area (Å²) in [6, 6.07) is 19.6. The monoisotopic (exact) mass is 502 g/mol. The van der Waals surface area contributed by atoms with Crippen molar-refractivity contribution in [2.24, 2.45) is 0 Å². The van der Waals surface area contributed by atoms with Crippen LogP contribution >= 0.6 is 11.8 Å². The molecule has 0 fully saturated rings. The van der Waals surface area contributed by atoms with Gasteiger partial charge in [-0.25, -0.2) is 14.6 Å². The third kappa shape index (κ3) is 6.48. The maximum atomic E-state index is 13.3. The van der Waals surface area contributed by atoms with Gasteiger partial charge in [0.15, 0.2) is 10.9 Å². The zero-order valence-electron chi connectivity index (χ0n) is 20.9. The Bertz CT molecular complexity index is 1290. The Labute approximate surface area is 215 Å². The summed E-state index contributed by atoms with van der Waals surface area (Å²) in [4.78, 5) is 22.3. The quantitative estimate of drug-likeness (QED) is 0.247. The van der Waals surface area contributed by atoms with Crippen LogP contribution in [-0.2, 0) is 12.2 Å². The molecule has 1 N–H and O–H groups in total. The van der Waals surface area contributed by atoms with Crippen LogP contribution in [0.3, 0.4) is 0 Å². The summed E-state index contributed by atoms with van der Waals surface area (Å²) in [5, 5.41) is 12.3. The average Bonchev–Trinajstić information content (AvgIpc) is 3.30. The average molecular weight is 503 g/mol. The zero-order chi connectivity index (χ0) is 25.5. The van der Waals surface area contributed by atoms with Crippen LogP contribution < -0.4 is 10.1 Å². The molecule has 8 nitrogen and oxygen atoms in total. The maximum absolute atomic E-state index is 13.3. The summed E-state index contributed by atoms with van der Waals surface area (Å²) < 4.78 is 6.97. The van der Waals surface area contributed by atoms with Crippen LogP contribution in [0.5, 0.6) is 5.75 Å². The molecule has 0 aliphatic heterocycles. The molecule has 1 amide bonds. The van der Waals surface area contributed by atoms with Crippen molar-refractivity contribution in [1.82, 2.24) is 30.3 Å². The molecule has 0 spiro atoms. The number of carbonyl (C=O) groups is 1. The predicted molar refractivity (Wildman–Crippen MR) is 141 cm³/mol. The molecule has 1 unspecified atom stereocenters. The fourth-order valence-electron chi connectivity index (χ4n) is 3.82.